The Morgan fingerprint density at radius 2 is 1.12 bits per heavy atom. The van der Waals surface area contributed by atoms with Gasteiger partial charge in [0.2, 0.25) is 0 Å². The van der Waals surface area contributed by atoms with E-state index >= 15 is 0 Å². The molecule has 0 aliphatic carbocycles. The van der Waals surface area contributed by atoms with Crippen LogP contribution in [0.2, 0.25) is 0 Å². The minimum Gasteiger partial charge on any atom is -0.508 e. The Morgan fingerprint density at radius 3 is 1.76 bits per heavy atom. The summed E-state index contributed by atoms with van der Waals surface area (Å²) in [5.74, 6) is 0.0867. The van der Waals surface area contributed by atoms with Gasteiger partial charge in [0.25, 0.3) is 0 Å². The number of benzene rings is 4. The fourth-order valence-corrected chi connectivity index (χ4v) is 3.02. The zero-order valence-corrected chi connectivity index (χ0v) is 18.5. The van der Waals surface area contributed by atoms with Crippen LogP contribution in [0.25, 0.3) is 12.2 Å². The summed E-state index contributed by atoms with van der Waals surface area (Å²) in [6.07, 6.45) is 6.55. The first-order valence-corrected chi connectivity index (χ1v) is 10.7. The second kappa shape index (κ2) is 12.4. The van der Waals surface area contributed by atoms with Crippen molar-refractivity contribution in [2.75, 3.05) is 5.73 Å². The standard InChI is InChI=1S/C15H13NO2.C15H12O/c16-13-5-2-4-12(10-13)15(18)8-7-11-3-1-6-14(17)9-11;16-15(14-9-5-2-6-10-14)12-11-13-7-3-1-4-8-13/h1-10,17H,16H2;1-12H/b8-7+;. The summed E-state index contributed by atoms with van der Waals surface area (Å²) in [7, 11) is 0. The topological polar surface area (TPSA) is 80.4 Å². The van der Waals surface area contributed by atoms with Crippen LogP contribution in [0.5, 0.6) is 5.75 Å². The second-order valence-electron chi connectivity index (χ2n) is 7.39. The zero-order chi connectivity index (χ0) is 24.2. The summed E-state index contributed by atoms with van der Waals surface area (Å²) in [6, 6.07) is 32.6. The van der Waals surface area contributed by atoms with Crippen LogP contribution in [-0.2, 0) is 0 Å². The first kappa shape index (κ1) is 24.0. The summed E-state index contributed by atoms with van der Waals surface area (Å²) in [4.78, 5) is 23.6. The normalized spacial score (nSPS) is 10.6. The van der Waals surface area contributed by atoms with Crippen LogP contribution in [0.15, 0.2) is 121 Å². The monoisotopic (exact) mass is 447 g/mol. The Bertz CT molecular complexity index is 1290. The third kappa shape index (κ3) is 7.77. The molecule has 34 heavy (non-hydrogen) atoms. The molecule has 3 N–H and O–H groups in total. The minimum absolute atomic E-state index is 0.0319. The first-order valence-electron chi connectivity index (χ1n) is 10.7. The third-order valence-corrected chi connectivity index (χ3v) is 4.75. The lowest BCUT2D eigenvalue weighted by Gasteiger charge is -1.98. The molecule has 0 saturated heterocycles. The fourth-order valence-electron chi connectivity index (χ4n) is 3.02. The molecule has 168 valence electrons. The molecule has 0 heterocycles. The number of hydrogen-bond donors (Lipinski definition) is 2. The van der Waals surface area contributed by atoms with Gasteiger partial charge in [-0.1, -0.05) is 97.1 Å². The van der Waals surface area contributed by atoms with Gasteiger partial charge in [-0.25, -0.2) is 0 Å². The van der Waals surface area contributed by atoms with Crippen molar-refractivity contribution in [1.29, 1.82) is 0 Å². The van der Waals surface area contributed by atoms with Crippen molar-refractivity contribution in [2.45, 2.75) is 0 Å². The molecule has 0 bridgehead atoms. The van der Waals surface area contributed by atoms with E-state index in [-0.39, 0.29) is 17.3 Å². The smallest absolute Gasteiger partial charge is 0.185 e. The molecule has 0 spiro atoms. The van der Waals surface area contributed by atoms with Crippen molar-refractivity contribution in [3.05, 3.63) is 144 Å². The minimum atomic E-state index is -0.120. The van der Waals surface area contributed by atoms with Gasteiger partial charge in [-0.3, -0.25) is 9.59 Å². The highest BCUT2D eigenvalue weighted by Crippen LogP contribution is 2.13. The van der Waals surface area contributed by atoms with Crippen LogP contribution in [0.1, 0.15) is 31.8 Å². The molecule has 4 aromatic rings. The lowest BCUT2D eigenvalue weighted by atomic mass is 10.1. The highest BCUT2D eigenvalue weighted by molar-refractivity contribution is 6.07. The molecule has 4 aromatic carbocycles. The van der Waals surface area contributed by atoms with Gasteiger partial charge in [0.1, 0.15) is 5.75 Å². The highest BCUT2D eigenvalue weighted by atomic mass is 16.3. The van der Waals surface area contributed by atoms with Crippen molar-refractivity contribution < 1.29 is 14.7 Å². The maximum Gasteiger partial charge on any atom is 0.185 e. The molecule has 4 heteroatoms. The van der Waals surface area contributed by atoms with E-state index in [1.807, 2.05) is 72.8 Å². The molecule has 0 aromatic heterocycles. The molecule has 0 unspecified atom stereocenters. The van der Waals surface area contributed by atoms with E-state index in [2.05, 4.69) is 0 Å². The highest BCUT2D eigenvalue weighted by Gasteiger charge is 2.01. The number of aromatic hydroxyl groups is 1. The Hall–Kier alpha value is -4.70. The molecule has 0 amide bonds. The molecule has 0 fully saturated rings. The summed E-state index contributed by atoms with van der Waals surface area (Å²) in [5, 5.41) is 9.30. The van der Waals surface area contributed by atoms with Crippen molar-refractivity contribution in [1.82, 2.24) is 0 Å². The van der Waals surface area contributed by atoms with Crippen LogP contribution >= 0.6 is 0 Å². The SMILES string of the molecule is Nc1cccc(C(=O)/C=C/c2cccc(O)c2)c1.O=C(C=Cc1ccccc1)c1ccccc1. The molecule has 0 atom stereocenters. The van der Waals surface area contributed by atoms with Gasteiger partial charge < -0.3 is 10.8 Å². The number of carbonyl (C=O) groups is 2. The Labute approximate surface area is 199 Å². The molecule has 0 aliphatic rings. The van der Waals surface area contributed by atoms with Gasteiger partial charge in [-0.05, 0) is 47.5 Å². The van der Waals surface area contributed by atoms with Crippen LogP contribution in [-0.4, -0.2) is 16.7 Å². The van der Waals surface area contributed by atoms with Gasteiger partial charge in [0.15, 0.2) is 11.6 Å². The number of phenolic OH excluding ortho intramolecular Hbond substituents is 1. The van der Waals surface area contributed by atoms with Gasteiger partial charge in [0.05, 0.1) is 0 Å². The van der Waals surface area contributed by atoms with Crippen LogP contribution < -0.4 is 5.73 Å². The van der Waals surface area contributed by atoms with E-state index < -0.39 is 0 Å². The Morgan fingerprint density at radius 1 is 0.588 bits per heavy atom. The van der Waals surface area contributed by atoms with E-state index in [9.17, 15) is 14.7 Å². The van der Waals surface area contributed by atoms with Gasteiger partial charge in [0, 0.05) is 16.8 Å². The summed E-state index contributed by atoms with van der Waals surface area (Å²) in [6.45, 7) is 0. The molecular formula is C30H25NO3. The number of nitrogen functional groups attached to an aromatic ring is 1. The maximum absolute atomic E-state index is 11.9. The fraction of sp³-hybridized carbons (Fsp3) is 0. The number of nitrogens with two attached hydrogens (primary N) is 1. The largest absolute Gasteiger partial charge is 0.508 e. The van der Waals surface area contributed by atoms with E-state index in [1.165, 1.54) is 6.08 Å². The van der Waals surface area contributed by atoms with Crippen molar-refractivity contribution in [2.24, 2.45) is 0 Å². The summed E-state index contributed by atoms with van der Waals surface area (Å²) < 4.78 is 0. The van der Waals surface area contributed by atoms with Gasteiger partial charge in [-0.15, -0.1) is 0 Å². The zero-order valence-electron chi connectivity index (χ0n) is 18.5. The summed E-state index contributed by atoms with van der Waals surface area (Å²) in [5.41, 5.74) is 9.25. The Balaban J connectivity index is 0.000000192. The molecule has 4 rings (SSSR count). The van der Waals surface area contributed by atoms with Crippen LogP contribution in [0.4, 0.5) is 5.69 Å². The molecule has 0 aliphatic heterocycles. The maximum atomic E-state index is 11.9. The van der Waals surface area contributed by atoms with Crippen molar-refractivity contribution >= 4 is 29.4 Å². The van der Waals surface area contributed by atoms with Gasteiger partial charge >= 0.3 is 0 Å². The van der Waals surface area contributed by atoms with E-state index in [0.29, 0.717) is 11.3 Å². The molecule has 0 saturated carbocycles. The van der Waals surface area contributed by atoms with E-state index in [1.54, 1.807) is 54.6 Å². The number of hydrogen-bond acceptors (Lipinski definition) is 4. The lowest BCUT2D eigenvalue weighted by molar-refractivity contribution is 0.104. The number of carbonyl (C=O) groups excluding carboxylic acids is 2. The van der Waals surface area contributed by atoms with E-state index in [4.69, 9.17) is 5.73 Å². The summed E-state index contributed by atoms with van der Waals surface area (Å²) >= 11 is 0. The van der Waals surface area contributed by atoms with Gasteiger partial charge in [-0.2, -0.15) is 0 Å². The average Bonchev–Trinajstić information content (AvgIpc) is 2.87. The number of allylic oxidation sites excluding steroid dienone is 2. The Kier molecular flexibility index (Phi) is 8.71. The predicted octanol–water partition coefficient (Wildman–Crippen LogP) is 6.45. The van der Waals surface area contributed by atoms with Crippen LogP contribution in [0.3, 0.4) is 0 Å². The van der Waals surface area contributed by atoms with Crippen molar-refractivity contribution in [3.8, 4) is 5.75 Å². The predicted molar refractivity (Wildman–Crippen MR) is 139 cm³/mol. The molecule has 0 radical (unpaired) electrons. The van der Waals surface area contributed by atoms with Crippen molar-refractivity contribution in [3.63, 3.8) is 0 Å². The molecular weight excluding hydrogens is 422 g/mol. The van der Waals surface area contributed by atoms with E-state index in [0.717, 1.165) is 16.7 Å². The van der Waals surface area contributed by atoms with Crippen LogP contribution in [0, 0.1) is 0 Å². The average molecular weight is 448 g/mol. The molecule has 4 nitrogen and oxygen atoms in total. The lowest BCUT2D eigenvalue weighted by Crippen LogP contribution is -1.95. The first-order chi connectivity index (χ1) is 16.5. The number of anilines is 1. The number of rotatable bonds is 6. The number of ketones is 2. The quantitative estimate of drug-likeness (QED) is 0.202. The number of phenols is 1. The third-order valence-electron chi connectivity index (χ3n) is 4.75. The second-order valence-corrected chi connectivity index (χ2v) is 7.39.